The third-order valence-corrected chi connectivity index (χ3v) is 5.76. The van der Waals surface area contributed by atoms with Crippen molar-refractivity contribution < 1.29 is 14.1 Å². The van der Waals surface area contributed by atoms with Gasteiger partial charge in [0, 0.05) is 45.4 Å². The maximum absolute atomic E-state index is 12.4. The van der Waals surface area contributed by atoms with Crippen LogP contribution < -0.4 is 0 Å². The van der Waals surface area contributed by atoms with Crippen LogP contribution in [0.3, 0.4) is 0 Å². The van der Waals surface area contributed by atoms with Crippen molar-refractivity contribution in [1.29, 1.82) is 0 Å². The molecule has 2 atom stereocenters. The summed E-state index contributed by atoms with van der Waals surface area (Å²) in [5.41, 5.74) is 0.554. The Bertz CT molecular complexity index is 766. The van der Waals surface area contributed by atoms with Crippen LogP contribution in [0.4, 0.5) is 0 Å². The second-order valence-electron chi connectivity index (χ2n) is 7.52. The van der Waals surface area contributed by atoms with Gasteiger partial charge in [0.25, 0.3) is 5.89 Å². The third kappa shape index (κ3) is 3.26. The van der Waals surface area contributed by atoms with Gasteiger partial charge < -0.3 is 14.2 Å². The number of ether oxygens (including phenoxy) is 1. The lowest BCUT2D eigenvalue weighted by Gasteiger charge is -2.38. The number of hydrogen-bond acceptors (Lipinski definition) is 5. The number of carbonyl (C=O) groups excluding carboxylic acids is 1. The Kier molecular flexibility index (Phi) is 4.53. The minimum Gasteiger partial charge on any atom is -0.368 e. The van der Waals surface area contributed by atoms with Gasteiger partial charge in [-0.2, -0.15) is 4.98 Å². The predicted molar refractivity (Wildman–Crippen MR) is 95.3 cm³/mol. The lowest BCUT2D eigenvalue weighted by Crippen LogP contribution is -2.47. The molecule has 138 valence electrons. The van der Waals surface area contributed by atoms with Crippen molar-refractivity contribution in [3.8, 4) is 0 Å². The summed E-state index contributed by atoms with van der Waals surface area (Å²) in [5, 5.41) is 4.14. The number of amides is 1. The van der Waals surface area contributed by atoms with E-state index in [9.17, 15) is 4.79 Å². The van der Waals surface area contributed by atoms with E-state index in [2.05, 4.69) is 17.1 Å². The molecule has 1 aliphatic heterocycles. The number of aromatic nitrogens is 2. The monoisotopic (exact) mass is 355 g/mol. The largest absolute Gasteiger partial charge is 0.368 e. The number of rotatable bonds is 5. The second kappa shape index (κ2) is 6.83. The Hall–Kier alpha value is -2.21. The first kappa shape index (κ1) is 17.2. The number of methoxy groups -OCH3 is 1. The quantitative estimate of drug-likeness (QED) is 0.825. The number of piperidine rings is 1. The van der Waals surface area contributed by atoms with Gasteiger partial charge in [-0.15, -0.1) is 0 Å². The van der Waals surface area contributed by atoms with Gasteiger partial charge in [-0.3, -0.25) is 4.79 Å². The smallest absolute Gasteiger partial charge is 0.259 e. The average Bonchev–Trinajstić information content (AvgIpc) is 3.22. The summed E-state index contributed by atoms with van der Waals surface area (Å²) < 4.78 is 11.4. The van der Waals surface area contributed by atoms with Gasteiger partial charge >= 0.3 is 0 Å². The van der Waals surface area contributed by atoms with E-state index in [1.54, 1.807) is 7.11 Å². The number of benzene rings is 1. The Morgan fingerprint density at radius 3 is 2.62 bits per heavy atom. The van der Waals surface area contributed by atoms with Crippen LogP contribution in [0, 0.1) is 11.8 Å². The fourth-order valence-corrected chi connectivity index (χ4v) is 3.78. The Morgan fingerprint density at radius 2 is 2.00 bits per heavy atom. The molecule has 1 amide bonds. The van der Waals surface area contributed by atoms with Crippen LogP contribution in [0.5, 0.6) is 0 Å². The summed E-state index contributed by atoms with van der Waals surface area (Å²) in [5.74, 6) is 2.24. The zero-order chi connectivity index (χ0) is 18.1. The van der Waals surface area contributed by atoms with Crippen LogP contribution in [-0.2, 0) is 21.6 Å². The molecule has 2 fully saturated rings. The molecule has 4 rings (SSSR count). The lowest BCUT2D eigenvalue weighted by atomic mass is 9.90. The minimum atomic E-state index is -0.589. The fourth-order valence-electron chi connectivity index (χ4n) is 3.78. The molecular formula is C20H25N3O3. The fraction of sp³-hybridized carbons (Fsp3) is 0.550. The number of nitrogens with zero attached hydrogens (tertiary/aromatic N) is 3. The van der Waals surface area contributed by atoms with Crippen molar-refractivity contribution in [1.82, 2.24) is 15.0 Å². The first-order chi connectivity index (χ1) is 12.6. The van der Waals surface area contributed by atoms with Crippen molar-refractivity contribution in [2.24, 2.45) is 11.8 Å². The molecule has 6 heteroatoms. The molecule has 1 aliphatic carbocycles. The summed E-state index contributed by atoms with van der Waals surface area (Å²) in [7, 11) is 1.68. The van der Waals surface area contributed by atoms with Crippen molar-refractivity contribution in [2.75, 3.05) is 20.2 Å². The second-order valence-corrected chi connectivity index (χ2v) is 7.52. The molecule has 2 heterocycles. The molecule has 0 bridgehead atoms. The molecule has 2 aromatic rings. The van der Waals surface area contributed by atoms with Gasteiger partial charge in [0.2, 0.25) is 5.91 Å². The zero-order valence-corrected chi connectivity index (χ0v) is 15.4. The molecule has 6 nitrogen and oxygen atoms in total. The molecule has 0 spiro atoms. The van der Waals surface area contributed by atoms with Crippen molar-refractivity contribution in [2.45, 2.75) is 38.2 Å². The minimum absolute atomic E-state index is 0.228. The summed E-state index contributed by atoms with van der Waals surface area (Å²) in [6, 6.07) is 10.1. The van der Waals surface area contributed by atoms with Crippen LogP contribution in [0.15, 0.2) is 34.9 Å². The number of carbonyl (C=O) groups is 1. The first-order valence-electron chi connectivity index (χ1n) is 9.32. The van der Waals surface area contributed by atoms with Gasteiger partial charge in [-0.1, -0.05) is 42.4 Å². The molecule has 2 unspecified atom stereocenters. The van der Waals surface area contributed by atoms with Gasteiger partial charge in [0.1, 0.15) is 5.60 Å². The first-order valence-corrected chi connectivity index (χ1v) is 9.32. The third-order valence-electron chi connectivity index (χ3n) is 5.76. The highest BCUT2D eigenvalue weighted by molar-refractivity contribution is 5.81. The van der Waals surface area contributed by atoms with Gasteiger partial charge in [-0.25, -0.2) is 0 Å². The van der Waals surface area contributed by atoms with E-state index in [0.717, 1.165) is 12.0 Å². The summed E-state index contributed by atoms with van der Waals surface area (Å²) in [6.07, 6.45) is 3.03. The van der Waals surface area contributed by atoms with Crippen LogP contribution in [0.1, 0.15) is 43.5 Å². The average molecular weight is 355 g/mol. The molecule has 1 saturated carbocycles. The Morgan fingerprint density at radius 1 is 1.31 bits per heavy atom. The van der Waals surface area contributed by atoms with Gasteiger partial charge in [0.05, 0.1) is 0 Å². The van der Waals surface area contributed by atoms with Crippen LogP contribution in [0.25, 0.3) is 0 Å². The summed E-state index contributed by atoms with van der Waals surface area (Å²) in [4.78, 5) is 19.0. The van der Waals surface area contributed by atoms with Crippen molar-refractivity contribution in [3.63, 3.8) is 0 Å². The molecular weight excluding hydrogens is 330 g/mol. The van der Waals surface area contributed by atoms with Crippen molar-refractivity contribution >= 4 is 5.91 Å². The zero-order valence-electron chi connectivity index (χ0n) is 15.4. The maximum Gasteiger partial charge on any atom is 0.259 e. The molecule has 2 aliphatic rings. The topological polar surface area (TPSA) is 68.5 Å². The maximum atomic E-state index is 12.4. The predicted octanol–water partition coefficient (Wildman–Crippen LogP) is 2.78. The highest BCUT2D eigenvalue weighted by Crippen LogP contribution is 2.41. The SMILES string of the molecule is COC1(c2nc(Cc3ccccc3)no2)CCN(C(=O)C2CC2C)CC1. The normalized spacial score (nSPS) is 24.5. The van der Waals surface area contributed by atoms with Crippen LogP contribution >= 0.6 is 0 Å². The number of hydrogen-bond donors (Lipinski definition) is 0. The molecule has 1 saturated heterocycles. The molecule has 0 N–H and O–H groups in total. The van der Waals surface area contributed by atoms with E-state index < -0.39 is 5.60 Å². The van der Waals surface area contributed by atoms with E-state index in [4.69, 9.17) is 9.26 Å². The van der Waals surface area contributed by atoms with E-state index in [0.29, 0.717) is 50.0 Å². The van der Waals surface area contributed by atoms with Crippen molar-refractivity contribution in [3.05, 3.63) is 47.6 Å². The number of likely N-dealkylation sites (tertiary alicyclic amines) is 1. The Labute approximate surface area is 153 Å². The van der Waals surface area contributed by atoms with Crippen LogP contribution in [0.2, 0.25) is 0 Å². The highest BCUT2D eigenvalue weighted by atomic mass is 16.5. The lowest BCUT2D eigenvalue weighted by molar-refractivity contribution is -0.140. The molecule has 0 radical (unpaired) electrons. The molecule has 1 aromatic heterocycles. The molecule has 1 aromatic carbocycles. The summed E-state index contributed by atoms with van der Waals surface area (Å²) >= 11 is 0. The Balaban J connectivity index is 1.43. The molecule has 26 heavy (non-hydrogen) atoms. The van der Waals surface area contributed by atoms with E-state index >= 15 is 0 Å². The van der Waals surface area contributed by atoms with E-state index in [-0.39, 0.29) is 11.8 Å². The standard InChI is InChI=1S/C20H25N3O3/c1-14-12-16(14)18(24)23-10-8-20(25-2,9-11-23)19-21-17(22-26-19)13-15-6-4-3-5-7-15/h3-7,14,16H,8-13H2,1-2H3. The van der Waals surface area contributed by atoms with E-state index in [1.807, 2.05) is 35.2 Å². The van der Waals surface area contributed by atoms with E-state index in [1.165, 1.54) is 0 Å². The highest BCUT2D eigenvalue weighted by Gasteiger charge is 2.46. The van der Waals surface area contributed by atoms with Gasteiger partial charge in [0.15, 0.2) is 5.82 Å². The van der Waals surface area contributed by atoms with Gasteiger partial charge in [-0.05, 0) is 17.9 Å². The summed E-state index contributed by atoms with van der Waals surface area (Å²) in [6.45, 7) is 3.48. The van der Waals surface area contributed by atoms with Crippen LogP contribution in [-0.4, -0.2) is 41.1 Å².